The lowest BCUT2D eigenvalue weighted by Gasteiger charge is -2.43. The van der Waals surface area contributed by atoms with Gasteiger partial charge in [0, 0.05) is 12.6 Å². The smallest absolute Gasteiger partial charge is 0.460 e. The Labute approximate surface area is 216 Å². The summed E-state index contributed by atoms with van der Waals surface area (Å²) in [6, 6.07) is 0.737. The molecular formula is C23H49NO7Si4. The second kappa shape index (κ2) is 13.3. The van der Waals surface area contributed by atoms with Gasteiger partial charge in [0.15, 0.2) is 25.0 Å². The fourth-order valence-electron chi connectivity index (χ4n) is 4.17. The van der Waals surface area contributed by atoms with Crippen molar-refractivity contribution in [2.24, 2.45) is 5.92 Å². The maximum Gasteiger partial charge on any atom is 0.469 e. The topological polar surface area (TPSA) is 103 Å². The first-order chi connectivity index (χ1) is 15.8. The van der Waals surface area contributed by atoms with Crippen LogP contribution in [0.15, 0.2) is 12.7 Å². The van der Waals surface area contributed by atoms with Gasteiger partial charge in [-0.2, -0.15) is 0 Å². The van der Waals surface area contributed by atoms with Crippen LogP contribution in [0.3, 0.4) is 0 Å². The lowest BCUT2D eigenvalue weighted by molar-refractivity contribution is -0.159. The molecule has 0 saturated heterocycles. The molecule has 0 heterocycles. The fourth-order valence-corrected chi connectivity index (χ4v) is 19.0. The Hall–Kier alpha value is -0.612. The Bertz CT molecular complexity index is 675. The van der Waals surface area contributed by atoms with Crippen LogP contribution in [0.5, 0.6) is 0 Å². The number of amides is 1. The minimum atomic E-state index is -2.92. The van der Waals surface area contributed by atoms with Crippen LogP contribution in [0, 0.1) is 5.92 Å². The molecule has 8 nitrogen and oxygen atoms in total. The average Bonchev–Trinajstić information content (AvgIpc) is 2.64. The Balaban J connectivity index is 2.88. The molecule has 1 saturated carbocycles. The molecule has 1 rings (SSSR count). The molecule has 0 radical (unpaired) electrons. The van der Waals surface area contributed by atoms with E-state index in [-0.39, 0.29) is 24.8 Å². The number of rotatable bonds is 14. The van der Waals surface area contributed by atoms with Gasteiger partial charge in [-0.05, 0) is 96.6 Å². The zero-order chi connectivity index (χ0) is 27.1. The monoisotopic (exact) mass is 563 g/mol. The van der Waals surface area contributed by atoms with Crippen LogP contribution in [0.4, 0.5) is 0 Å². The molecule has 0 spiro atoms. The highest BCUT2D eigenvalue weighted by molar-refractivity contribution is 6.90. The van der Waals surface area contributed by atoms with Gasteiger partial charge < -0.3 is 27.5 Å². The van der Waals surface area contributed by atoms with E-state index >= 15 is 0 Å². The van der Waals surface area contributed by atoms with E-state index in [9.17, 15) is 14.7 Å². The number of aliphatic hydroxyl groups excluding tert-OH is 1. The Kier molecular flexibility index (Phi) is 12.3. The van der Waals surface area contributed by atoms with Gasteiger partial charge in [0.2, 0.25) is 5.91 Å². The van der Waals surface area contributed by atoms with E-state index in [0.29, 0.717) is 12.8 Å². The zero-order valence-corrected chi connectivity index (χ0v) is 27.4. The number of esters is 1. The second-order valence-electron chi connectivity index (χ2n) is 12.4. The molecule has 0 bridgehead atoms. The molecule has 0 aromatic rings. The van der Waals surface area contributed by atoms with Crippen molar-refractivity contribution in [1.29, 1.82) is 0 Å². The van der Waals surface area contributed by atoms with Crippen molar-refractivity contribution in [1.82, 2.24) is 5.32 Å². The van der Waals surface area contributed by atoms with Crippen molar-refractivity contribution in [2.75, 3.05) is 6.54 Å². The maximum absolute atomic E-state index is 12.3. The molecule has 204 valence electrons. The highest BCUT2D eigenvalue weighted by atomic mass is 28.5. The lowest BCUT2D eigenvalue weighted by Crippen LogP contribution is -2.60. The first kappa shape index (κ1) is 32.4. The molecule has 1 fully saturated rings. The van der Waals surface area contributed by atoms with Crippen LogP contribution in [0.25, 0.3) is 0 Å². The molecule has 0 aliphatic heterocycles. The highest BCUT2D eigenvalue weighted by Gasteiger charge is 2.50. The van der Waals surface area contributed by atoms with Gasteiger partial charge in [0.25, 0.3) is 0 Å². The number of hydrogen-bond acceptors (Lipinski definition) is 7. The summed E-state index contributed by atoms with van der Waals surface area (Å²) in [6.07, 6.45) is 2.90. The third kappa shape index (κ3) is 14.0. The molecule has 1 aliphatic carbocycles. The van der Waals surface area contributed by atoms with E-state index in [1.54, 1.807) is 0 Å². The Morgan fingerprint density at radius 2 is 1.46 bits per heavy atom. The molecule has 0 aromatic heterocycles. The van der Waals surface area contributed by atoms with E-state index in [0.717, 1.165) is 25.0 Å². The van der Waals surface area contributed by atoms with E-state index in [1.165, 1.54) is 0 Å². The summed E-state index contributed by atoms with van der Waals surface area (Å²) in [6.45, 7) is 23.2. The van der Waals surface area contributed by atoms with Crippen LogP contribution in [0.1, 0.15) is 32.1 Å². The number of ether oxygens (including phenoxy) is 1. The number of nitrogens with one attached hydrogen (secondary N) is 1. The summed E-state index contributed by atoms with van der Waals surface area (Å²) in [4.78, 5) is 23.5. The summed E-state index contributed by atoms with van der Waals surface area (Å²) in [7, 11) is -8.74. The first-order valence-corrected chi connectivity index (χ1v) is 24.9. The molecular weight excluding hydrogens is 515 g/mol. The minimum absolute atomic E-state index is 0.0572. The summed E-state index contributed by atoms with van der Waals surface area (Å²) in [5, 5.41) is 13.0. The highest BCUT2D eigenvalue weighted by Crippen LogP contribution is 2.36. The largest absolute Gasteiger partial charge is 0.469 e. The number of aliphatic hydroxyl groups is 1. The predicted molar refractivity (Wildman–Crippen MR) is 150 cm³/mol. The Morgan fingerprint density at radius 3 is 1.91 bits per heavy atom. The van der Waals surface area contributed by atoms with Gasteiger partial charge in [-0.25, -0.2) is 0 Å². The summed E-state index contributed by atoms with van der Waals surface area (Å²) in [5.74, 6) is -0.469. The van der Waals surface area contributed by atoms with Crippen LogP contribution in [0.2, 0.25) is 65.0 Å². The van der Waals surface area contributed by atoms with Crippen LogP contribution in [-0.2, 0) is 26.7 Å². The van der Waals surface area contributed by atoms with Gasteiger partial charge in [-0.1, -0.05) is 6.58 Å². The first-order valence-electron chi connectivity index (χ1n) is 12.7. The molecule has 12 heteroatoms. The number of carbonyl (C=O) groups excluding carboxylic acids is 2. The molecule has 35 heavy (non-hydrogen) atoms. The van der Waals surface area contributed by atoms with Crippen LogP contribution >= 0.6 is 0 Å². The van der Waals surface area contributed by atoms with Crippen molar-refractivity contribution in [2.45, 2.75) is 109 Å². The summed E-state index contributed by atoms with van der Waals surface area (Å²) in [5.41, 5.74) is 0. The molecule has 3 unspecified atom stereocenters. The van der Waals surface area contributed by atoms with E-state index in [4.69, 9.17) is 17.1 Å². The third-order valence-corrected chi connectivity index (χ3v) is 17.2. The van der Waals surface area contributed by atoms with Crippen molar-refractivity contribution >= 4 is 45.6 Å². The van der Waals surface area contributed by atoms with Crippen molar-refractivity contribution in [3.05, 3.63) is 12.7 Å². The van der Waals surface area contributed by atoms with Gasteiger partial charge in [0.05, 0.1) is 12.5 Å². The fraction of sp³-hybridized carbons (Fsp3) is 0.826. The van der Waals surface area contributed by atoms with E-state index < -0.39 is 51.9 Å². The quantitative estimate of drug-likeness (QED) is 0.180. The van der Waals surface area contributed by atoms with Gasteiger partial charge in [0.1, 0.15) is 6.10 Å². The predicted octanol–water partition coefficient (Wildman–Crippen LogP) is 4.64. The number of carbonyl (C=O) groups is 2. The van der Waals surface area contributed by atoms with Gasteiger partial charge in [-0.15, -0.1) is 0 Å². The second-order valence-corrected chi connectivity index (χ2v) is 29.4. The molecule has 2 N–H and O–H groups in total. The maximum atomic E-state index is 12.3. The SMILES string of the molecule is C=CC(=O)NCCC(=O)OC1CC(CC[Si](O[Si](C)(C)C)(O[Si](C)(C)C)O[Si](C)(C)C)CCC1O. The molecule has 0 aromatic carbocycles. The van der Waals surface area contributed by atoms with Crippen LogP contribution < -0.4 is 5.32 Å². The van der Waals surface area contributed by atoms with Crippen molar-refractivity contribution < 1.29 is 31.8 Å². The van der Waals surface area contributed by atoms with E-state index in [1.807, 2.05) is 0 Å². The normalized spacial score (nSPS) is 21.9. The van der Waals surface area contributed by atoms with Gasteiger partial charge >= 0.3 is 14.8 Å². The molecule has 3 atom stereocenters. The average molecular weight is 564 g/mol. The summed E-state index contributed by atoms with van der Waals surface area (Å²) < 4.78 is 25.9. The van der Waals surface area contributed by atoms with Crippen molar-refractivity contribution in [3.63, 3.8) is 0 Å². The van der Waals surface area contributed by atoms with Crippen LogP contribution in [-0.4, -0.2) is 69.5 Å². The molecule has 1 amide bonds. The third-order valence-electron chi connectivity index (χ3n) is 5.21. The van der Waals surface area contributed by atoms with Gasteiger partial charge in [-0.3, -0.25) is 9.59 Å². The van der Waals surface area contributed by atoms with E-state index in [2.05, 4.69) is 70.8 Å². The summed E-state index contributed by atoms with van der Waals surface area (Å²) >= 11 is 0. The lowest BCUT2D eigenvalue weighted by atomic mass is 9.84. The Morgan fingerprint density at radius 1 is 0.943 bits per heavy atom. The zero-order valence-electron chi connectivity index (χ0n) is 23.4. The molecule has 1 aliphatic rings. The standard InChI is InChI=1S/C23H49NO7Si4/c1-11-22(26)24-16-14-23(27)28-21-18-19(12-13-20(21)25)15-17-35(29-32(2,3)4,30-33(5,6)7)31-34(8,9)10/h11,19-21,25H,1,12-18H2,2-10H3,(H,24,26). The number of hydrogen-bond donors (Lipinski definition) is 2. The minimum Gasteiger partial charge on any atom is -0.460 e. The van der Waals surface area contributed by atoms with Crippen molar-refractivity contribution in [3.8, 4) is 0 Å².